The molecule has 0 saturated heterocycles. The van der Waals surface area contributed by atoms with Crippen LogP contribution in [0.1, 0.15) is 41.5 Å². The molecular formula is C20H32. The van der Waals surface area contributed by atoms with Gasteiger partial charge in [-0.05, 0) is 47.3 Å². The first kappa shape index (κ1) is 15.6. The van der Waals surface area contributed by atoms with Gasteiger partial charge in [0, 0.05) is 0 Å². The van der Waals surface area contributed by atoms with E-state index in [2.05, 4.69) is 78.0 Å². The van der Waals surface area contributed by atoms with Crippen molar-refractivity contribution in [3.05, 3.63) is 36.5 Å². The minimum Gasteiger partial charge on any atom is -0.0851 e. The molecule has 20 heavy (non-hydrogen) atoms. The van der Waals surface area contributed by atoms with Crippen LogP contribution in [-0.2, 0) is 0 Å². The van der Waals surface area contributed by atoms with Crippen LogP contribution < -0.4 is 0 Å². The predicted octanol–water partition coefficient (Wildman–Crippen LogP) is 5.73. The first-order chi connectivity index (χ1) is 9.41. The topological polar surface area (TPSA) is 0 Å². The van der Waals surface area contributed by atoms with E-state index < -0.39 is 0 Å². The molecule has 8 atom stereocenters. The van der Waals surface area contributed by atoms with Crippen molar-refractivity contribution in [3.8, 4) is 0 Å². The molecule has 0 aliphatic heterocycles. The summed E-state index contributed by atoms with van der Waals surface area (Å²) in [4.78, 5) is 0. The second-order valence-electron chi connectivity index (χ2n) is 7.46. The van der Waals surface area contributed by atoms with Crippen LogP contribution in [0.4, 0.5) is 0 Å². The largest absolute Gasteiger partial charge is 0.0851 e. The maximum Gasteiger partial charge on any atom is -0.0142 e. The van der Waals surface area contributed by atoms with Crippen LogP contribution in [0.25, 0.3) is 0 Å². The lowest BCUT2D eigenvalue weighted by Crippen LogP contribution is -2.28. The van der Waals surface area contributed by atoms with Gasteiger partial charge in [-0.25, -0.2) is 0 Å². The summed E-state index contributed by atoms with van der Waals surface area (Å²) in [5.41, 5.74) is 0. The van der Waals surface area contributed by atoms with Crippen LogP contribution in [-0.4, -0.2) is 0 Å². The lowest BCUT2D eigenvalue weighted by Gasteiger charge is -2.36. The summed E-state index contributed by atoms with van der Waals surface area (Å²) in [6, 6.07) is 0. The summed E-state index contributed by atoms with van der Waals surface area (Å²) in [5, 5.41) is 0. The fraction of sp³-hybridized carbons (Fsp3) is 0.700. The third-order valence-corrected chi connectivity index (χ3v) is 6.08. The van der Waals surface area contributed by atoms with Gasteiger partial charge in [-0.15, -0.1) is 0 Å². The monoisotopic (exact) mass is 272 g/mol. The Labute approximate surface area is 126 Å². The summed E-state index contributed by atoms with van der Waals surface area (Å²) in [5.74, 6) is 5.70. The van der Waals surface area contributed by atoms with E-state index in [-0.39, 0.29) is 0 Å². The van der Waals surface area contributed by atoms with E-state index in [4.69, 9.17) is 0 Å². The Kier molecular flexibility index (Phi) is 4.94. The van der Waals surface area contributed by atoms with E-state index in [0.29, 0.717) is 35.5 Å². The molecule has 0 aromatic heterocycles. The maximum atomic E-state index is 2.54. The molecule has 0 bridgehead atoms. The second-order valence-corrected chi connectivity index (χ2v) is 7.46. The second kappa shape index (κ2) is 6.33. The van der Waals surface area contributed by atoms with Crippen LogP contribution in [0.15, 0.2) is 36.5 Å². The molecule has 0 nitrogen and oxygen atoms in total. The minimum atomic E-state index is 0.680. The number of allylic oxidation sites excluding steroid dienone is 6. The molecule has 2 aliphatic rings. The highest BCUT2D eigenvalue weighted by molar-refractivity contribution is 5.12. The van der Waals surface area contributed by atoms with Gasteiger partial charge >= 0.3 is 0 Å². The van der Waals surface area contributed by atoms with E-state index >= 15 is 0 Å². The molecule has 0 radical (unpaired) electrons. The van der Waals surface area contributed by atoms with E-state index in [1.807, 2.05) is 0 Å². The smallest absolute Gasteiger partial charge is 0.0142 e. The SMILES string of the molecule is CC1C=CC(C)C(/C=C/C2C(C)C=CC(C)C2C)C1C. The molecule has 112 valence electrons. The zero-order valence-corrected chi connectivity index (χ0v) is 14.1. The van der Waals surface area contributed by atoms with Crippen LogP contribution in [0.3, 0.4) is 0 Å². The Morgan fingerprint density at radius 1 is 0.500 bits per heavy atom. The molecule has 0 aromatic carbocycles. The summed E-state index contributed by atoms with van der Waals surface area (Å²) in [7, 11) is 0. The highest BCUT2D eigenvalue weighted by Gasteiger charge is 2.30. The Bertz CT molecular complexity index is 362. The van der Waals surface area contributed by atoms with Gasteiger partial charge in [-0.2, -0.15) is 0 Å². The molecule has 0 spiro atoms. The van der Waals surface area contributed by atoms with Crippen LogP contribution in [0.2, 0.25) is 0 Å². The highest BCUT2D eigenvalue weighted by atomic mass is 14.3. The summed E-state index contributed by atoms with van der Waals surface area (Å²) in [6.07, 6.45) is 14.7. The quantitative estimate of drug-likeness (QED) is 0.563. The summed E-state index contributed by atoms with van der Waals surface area (Å²) >= 11 is 0. The minimum absolute atomic E-state index is 0.680. The lowest BCUT2D eigenvalue weighted by molar-refractivity contribution is 0.263. The molecule has 0 fully saturated rings. The van der Waals surface area contributed by atoms with Crippen molar-refractivity contribution >= 4 is 0 Å². The van der Waals surface area contributed by atoms with Crippen molar-refractivity contribution < 1.29 is 0 Å². The van der Waals surface area contributed by atoms with Gasteiger partial charge in [0.15, 0.2) is 0 Å². The van der Waals surface area contributed by atoms with Gasteiger partial charge in [0.25, 0.3) is 0 Å². The lowest BCUT2D eigenvalue weighted by atomic mass is 9.69. The van der Waals surface area contributed by atoms with Gasteiger partial charge < -0.3 is 0 Å². The summed E-state index contributed by atoms with van der Waals surface area (Å²) in [6.45, 7) is 14.3. The average molecular weight is 272 g/mol. The molecule has 0 heteroatoms. The van der Waals surface area contributed by atoms with Crippen LogP contribution >= 0.6 is 0 Å². The Morgan fingerprint density at radius 2 is 0.800 bits per heavy atom. The van der Waals surface area contributed by atoms with E-state index in [0.717, 1.165) is 11.8 Å². The van der Waals surface area contributed by atoms with Crippen molar-refractivity contribution in [2.24, 2.45) is 47.3 Å². The zero-order chi connectivity index (χ0) is 14.9. The molecule has 0 amide bonds. The van der Waals surface area contributed by atoms with E-state index in [1.54, 1.807) is 0 Å². The molecule has 0 aromatic rings. The normalized spacial score (nSPS) is 48.9. The van der Waals surface area contributed by atoms with Gasteiger partial charge in [0.1, 0.15) is 0 Å². The van der Waals surface area contributed by atoms with Crippen molar-refractivity contribution in [2.45, 2.75) is 41.5 Å². The Hall–Kier alpha value is -0.780. The van der Waals surface area contributed by atoms with Gasteiger partial charge in [-0.3, -0.25) is 0 Å². The molecule has 2 rings (SSSR count). The predicted molar refractivity (Wildman–Crippen MR) is 89.4 cm³/mol. The maximum absolute atomic E-state index is 2.54. The number of hydrogen-bond donors (Lipinski definition) is 0. The van der Waals surface area contributed by atoms with Crippen LogP contribution in [0.5, 0.6) is 0 Å². The number of hydrogen-bond acceptors (Lipinski definition) is 0. The van der Waals surface area contributed by atoms with Crippen LogP contribution in [0, 0.1) is 47.3 Å². The fourth-order valence-corrected chi connectivity index (χ4v) is 3.92. The zero-order valence-electron chi connectivity index (χ0n) is 14.1. The first-order valence-corrected chi connectivity index (χ1v) is 8.46. The highest BCUT2D eigenvalue weighted by Crippen LogP contribution is 2.38. The van der Waals surface area contributed by atoms with Crippen molar-refractivity contribution in [1.82, 2.24) is 0 Å². The van der Waals surface area contributed by atoms with Crippen molar-refractivity contribution in [1.29, 1.82) is 0 Å². The molecule has 0 heterocycles. The van der Waals surface area contributed by atoms with Crippen molar-refractivity contribution in [3.63, 3.8) is 0 Å². The molecule has 0 saturated carbocycles. The third-order valence-electron chi connectivity index (χ3n) is 6.08. The summed E-state index contributed by atoms with van der Waals surface area (Å²) < 4.78 is 0. The molecule has 8 unspecified atom stereocenters. The van der Waals surface area contributed by atoms with E-state index in [1.165, 1.54) is 0 Å². The third kappa shape index (κ3) is 3.10. The molecule has 0 N–H and O–H groups in total. The van der Waals surface area contributed by atoms with Gasteiger partial charge in [0.2, 0.25) is 0 Å². The van der Waals surface area contributed by atoms with Crippen molar-refractivity contribution in [2.75, 3.05) is 0 Å². The van der Waals surface area contributed by atoms with Gasteiger partial charge in [-0.1, -0.05) is 78.0 Å². The Morgan fingerprint density at radius 3 is 1.15 bits per heavy atom. The fourth-order valence-electron chi connectivity index (χ4n) is 3.92. The van der Waals surface area contributed by atoms with Gasteiger partial charge in [0.05, 0.1) is 0 Å². The first-order valence-electron chi connectivity index (χ1n) is 8.46. The average Bonchev–Trinajstić information content (AvgIpc) is 2.42. The molecular weight excluding hydrogens is 240 g/mol. The van der Waals surface area contributed by atoms with E-state index in [9.17, 15) is 0 Å². The molecule has 2 aliphatic carbocycles. The standard InChI is InChI=1S/C20H32/c1-13-7-9-15(3)19(17(13)5)11-12-20-16(4)10-8-14(2)18(20)6/h7-20H,1-6H3/b12-11+. The number of rotatable bonds is 2. The Balaban J connectivity index is 2.12.